The number of carboxylic acids is 2. The number of benzene rings is 1. The molecule has 2 aromatic heterocycles. The number of hydrogen-bond acceptors (Lipinski definition) is 6. The second-order valence-corrected chi connectivity index (χ2v) is 10.1. The molecule has 11 heteroatoms. The average Bonchev–Trinajstić information content (AvgIpc) is 3.36. The van der Waals surface area contributed by atoms with E-state index in [1.54, 1.807) is 7.11 Å². The molecule has 3 aromatic rings. The minimum atomic E-state index is -2.42. The van der Waals surface area contributed by atoms with E-state index in [2.05, 4.69) is 39.2 Å². The zero-order chi connectivity index (χ0) is 27.5. The van der Waals surface area contributed by atoms with E-state index in [4.69, 9.17) is 14.9 Å². The van der Waals surface area contributed by atoms with Crippen molar-refractivity contribution in [2.75, 3.05) is 32.1 Å². The third-order valence-electron chi connectivity index (χ3n) is 7.29. The number of rotatable bonds is 7. The molecule has 0 amide bonds. The molecule has 9 nitrogen and oxygen atoms in total. The number of halogens is 2. The first-order chi connectivity index (χ1) is 18.0. The van der Waals surface area contributed by atoms with Gasteiger partial charge in [0, 0.05) is 42.0 Å². The van der Waals surface area contributed by atoms with E-state index in [0.29, 0.717) is 0 Å². The number of methoxy groups -OCH3 is 1. The van der Waals surface area contributed by atoms with E-state index in [0.717, 1.165) is 43.7 Å². The first kappa shape index (κ1) is 27.3. The van der Waals surface area contributed by atoms with Gasteiger partial charge < -0.3 is 25.3 Å². The molecule has 1 aromatic carbocycles. The largest absolute Gasteiger partial charge is 0.496 e. The van der Waals surface area contributed by atoms with Crippen LogP contribution in [0.5, 0.6) is 5.75 Å². The Balaban J connectivity index is 0.000000206. The number of aromatic amines is 1. The number of ether oxygens (including phenoxy) is 1. The minimum absolute atomic E-state index is 0.0871. The van der Waals surface area contributed by atoms with Gasteiger partial charge in [-0.1, -0.05) is 6.07 Å². The van der Waals surface area contributed by atoms with E-state index < -0.39 is 17.9 Å². The molecule has 0 unspecified atom stereocenters. The number of fused-ring (bicyclic) bond motifs is 1. The first-order valence-electron chi connectivity index (χ1n) is 12.4. The fraction of sp³-hybridized carbons (Fsp3) is 0.444. The van der Waals surface area contributed by atoms with Crippen LogP contribution >= 0.6 is 0 Å². The van der Waals surface area contributed by atoms with Crippen LogP contribution in [-0.2, 0) is 11.3 Å². The fourth-order valence-corrected chi connectivity index (χ4v) is 5.41. The number of nitrogens with zero attached hydrogens (tertiary/aromatic N) is 2. The van der Waals surface area contributed by atoms with Crippen LogP contribution in [-0.4, -0.2) is 69.7 Å². The Kier molecular flexibility index (Phi) is 7.86. The molecule has 0 atom stereocenters. The summed E-state index contributed by atoms with van der Waals surface area (Å²) in [6.07, 6.45) is 3.90. The summed E-state index contributed by atoms with van der Waals surface area (Å²) in [4.78, 5) is 30.0. The van der Waals surface area contributed by atoms with Crippen molar-refractivity contribution in [2.24, 2.45) is 5.41 Å². The second-order valence-electron chi connectivity index (χ2n) is 10.1. The summed E-state index contributed by atoms with van der Waals surface area (Å²) >= 11 is 0. The van der Waals surface area contributed by atoms with Gasteiger partial charge in [-0.3, -0.25) is 9.69 Å². The van der Waals surface area contributed by atoms with E-state index in [9.17, 15) is 18.4 Å². The number of pyridine rings is 1. The smallest absolute Gasteiger partial charge is 0.354 e. The van der Waals surface area contributed by atoms with Gasteiger partial charge in [0.15, 0.2) is 5.69 Å². The summed E-state index contributed by atoms with van der Waals surface area (Å²) in [5, 5.41) is 20.6. The Morgan fingerprint density at radius 3 is 2.50 bits per heavy atom. The standard InChI is InChI=1S/C19H24F2N2O.C8H8N2O4/c1-13-9-16(24-2)15(14-3-6-22-17(13)14)10-23-7-4-18(5-8-23)11-19(20,21)12-18;11-7(12)4-9-6-3-1-2-5(10-6)8(13)14/h3,6,9,22H,4-5,7-8,10-12H2,1-2H3;1-3H,4H2,(H,9,10)(H,11,12)(H,13,14). The van der Waals surface area contributed by atoms with Crippen molar-refractivity contribution in [2.45, 2.75) is 45.1 Å². The van der Waals surface area contributed by atoms with Crippen LogP contribution in [0.1, 0.15) is 47.3 Å². The number of carbonyl (C=O) groups is 2. The van der Waals surface area contributed by atoms with Crippen molar-refractivity contribution >= 4 is 28.7 Å². The number of anilines is 1. The molecule has 4 N–H and O–H groups in total. The highest BCUT2D eigenvalue weighted by molar-refractivity contribution is 5.88. The summed E-state index contributed by atoms with van der Waals surface area (Å²) in [6.45, 7) is 4.37. The number of carboxylic acid groups (broad SMARTS) is 2. The number of piperidine rings is 1. The molecular weight excluding hydrogens is 498 g/mol. The van der Waals surface area contributed by atoms with Crippen LogP contribution in [0.15, 0.2) is 36.5 Å². The van der Waals surface area contributed by atoms with Crippen LogP contribution in [0.4, 0.5) is 14.6 Å². The Bertz CT molecular complexity index is 1310. The third kappa shape index (κ3) is 6.21. The normalized spacial score (nSPS) is 17.8. The maximum absolute atomic E-state index is 13.3. The van der Waals surface area contributed by atoms with Gasteiger partial charge in [-0.05, 0) is 68.1 Å². The quantitative estimate of drug-likeness (QED) is 0.344. The second kappa shape index (κ2) is 10.9. The van der Waals surface area contributed by atoms with Crippen molar-refractivity contribution in [1.29, 1.82) is 0 Å². The van der Waals surface area contributed by atoms with E-state index in [1.165, 1.54) is 34.7 Å². The van der Waals surface area contributed by atoms with Gasteiger partial charge in [-0.25, -0.2) is 18.6 Å². The zero-order valence-corrected chi connectivity index (χ0v) is 21.4. The molecule has 1 saturated carbocycles. The monoisotopic (exact) mass is 530 g/mol. The number of alkyl halides is 2. The van der Waals surface area contributed by atoms with E-state index in [1.807, 2.05) is 6.20 Å². The van der Waals surface area contributed by atoms with Crippen molar-refractivity contribution in [3.63, 3.8) is 0 Å². The minimum Gasteiger partial charge on any atom is -0.496 e. The van der Waals surface area contributed by atoms with Gasteiger partial charge in [0.05, 0.1) is 7.11 Å². The summed E-state index contributed by atoms with van der Waals surface area (Å²) in [5.41, 5.74) is 3.29. The van der Waals surface area contributed by atoms with E-state index in [-0.39, 0.29) is 36.3 Å². The van der Waals surface area contributed by atoms with Gasteiger partial charge in [0.2, 0.25) is 5.92 Å². The summed E-state index contributed by atoms with van der Waals surface area (Å²) in [7, 11) is 1.71. The number of aromatic carboxylic acids is 1. The lowest BCUT2D eigenvalue weighted by molar-refractivity contribution is -0.178. The van der Waals surface area contributed by atoms with Crippen LogP contribution in [0.25, 0.3) is 10.9 Å². The lowest BCUT2D eigenvalue weighted by Crippen LogP contribution is -2.52. The van der Waals surface area contributed by atoms with Gasteiger partial charge in [-0.2, -0.15) is 0 Å². The van der Waals surface area contributed by atoms with Gasteiger partial charge >= 0.3 is 11.9 Å². The predicted octanol–water partition coefficient (Wildman–Crippen LogP) is 4.77. The Morgan fingerprint density at radius 2 is 1.89 bits per heavy atom. The van der Waals surface area contributed by atoms with E-state index >= 15 is 0 Å². The number of nitrogens with one attached hydrogen (secondary N) is 2. The lowest BCUT2D eigenvalue weighted by atomic mass is 9.61. The molecule has 1 aliphatic heterocycles. The number of aryl methyl sites for hydroxylation is 1. The predicted molar refractivity (Wildman–Crippen MR) is 138 cm³/mol. The Labute approximate surface area is 218 Å². The molecule has 0 radical (unpaired) electrons. The maximum Gasteiger partial charge on any atom is 0.354 e. The molecule has 204 valence electrons. The van der Waals surface area contributed by atoms with Crippen molar-refractivity contribution < 1.29 is 33.3 Å². The highest BCUT2D eigenvalue weighted by Gasteiger charge is 2.56. The molecule has 3 heterocycles. The summed E-state index contributed by atoms with van der Waals surface area (Å²) in [6, 6.07) is 8.48. The zero-order valence-electron chi connectivity index (χ0n) is 21.4. The highest BCUT2D eigenvalue weighted by Crippen LogP contribution is 2.57. The number of aromatic nitrogens is 2. The summed E-state index contributed by atoms with van der Waals surface area (Å²) in [5.74, 6) is -3.46. The first-order valence-corrected chi connectivity index (χ1v) is 12.4. The topological polar surface area (TPSA) is 128 Å². The van der Waals surface area contributed by atoms with Gasteiger partial charge in [0.1, 0.15) is 18.1 Å². The van der Waals surface area contributed by atoms with Crippen molar-refractivity contribution in [3.8, 4) is 5.75 Å². The highest BCUT2D eigenvalue weighted by atomic mass is 19.3. The Hall–Kier alpha value is -3.73. The van der Waals surface area contributed by atoms with Crippen LogP contribution in [0.3, 0.4) is 0 Å². The molecule has 2 fully saturated rings. The van der Waals surface area contributed by atoms with Gasteiger partial charge in [-0.15, -0.1) is 0 Å². The molecule has 0 bridgehead atoms. The lowest BCUT2D eigenvalue weighted by Gasteiger charge is -2.51. The number of hydrogen-bond donors (Lipinski definition) is 4. The van der Waals surface area contributed by atoms with Crippen molar-refractivity contribution in [3.05, 3.63) is 53.3 Å². The number of H-pyrrole nitrogens is 1. The Morgan fingerprint density at radius 1 is 1.18 bits per heavy atom. The maximum atomic E-state index is 13.3. The molecule has 2 aliphatic rings. The number of aliphatic carboxylic acids is 1. The average molecular weight is 531 g/mol. The molecule has 1 saturated heterocycles. The number of likely N-dealkylation sites (tertiary alicyclic amines) is 1. The summed E-state index contributed by atoms with van der Waals surface area (Å²) < 4.78 is 32.1. The van der Waals surface area contributed by atoms with Gasteiger partial charge in [0.25, 0.3) is 0 Å². The van der Waals surface area contributed by atoms with Crippen LogP contribution in [0, 0.1) is 12.3 Å². The fourth-order valence-electron chi connectivity index (χ4n) is 5.41. The molecule has 1 spiro atoms. The SMILES string of the molecule is COc1cc(C)c2[nH]ccc2c1CN1CCC2(CC1)CC(F)(F)C2.O=C(O)CNc1cccc(C(=O)O)n1. The third-order valence-corrected chi connectivity index (χ3v) is 7.29. The van der Waals surface area contributed by atoms with Crippen LogP contribution < -0.4 is 10.1 Å². The molecule has 5 rings (SSSR count). The van der Waals surface area contributed by atoms with Crippen LogP contribution in [0.2, 0.25) is 0 Å². The molecular formula is C27H32F2N4O5. The molecule has 1 aliphatic carbocycles. The van der Waals surface area contributed by atoms with Crippen molar-refractivity contribution in [1.82, 2.24) is 14.9 Å². The molecule has 38 heavy (non-hydrogen) atoms.